The van der Waals surface area contributed by atoms with E-state index >= 15 is 0 Å². The smallest absolute Gasteiger partial charge is 0.110 e. The molecule has 2 N–H and O–H groups in total. The Morgan fingerprint density at radius 1 is 1.44 bits per heavy atom. The Kier molecular flexibility index (Phi) is 3.45. The van der Waals surface area contributed by atoms with Gasteiger partial charge in [0.2, 0.25) is 0 Å². The summed E-state index contributed by atoms with van der Waals surface area (Å²) < 4.78 is 0.974. The molecule has 3 rings (SSSR count). The van der Waals surface area contributed by atoms with Crippen molar-refractivity contribution < 1.29 is 0 Å². The summed E-state index contributed by atoms with van der Waals surface area (Å²) in [4.78, 5) is 4.63. The van der Waals surface area contributed by atoms with Crippen molar-refractivity contribution >= 4 is 38.9 Å². The Bertz CT molecular complexity index is 580. The van der Waals surface area contributed by atoms with Crippen LogP contribution in [0.25, 0.3) is 11.3 Å². The van der Waals surface area contributed by atoms with Crippen LogP contribution in [0, 0.1) is 5.92 Å². The van der Waals surface area contributed by atoms with Crippen molar-refractivity contribution in [3.63, 3.8) is 0 Å². The number of hydrogen-bond donors (Lipinski definition) is 1. The van der Waals surface area contributed by atoms with E-state index in [4.69, 9.17) is 17.3 Å². The van der Waals surface area contributed by atoms with Gasteiger partial charge in [-0.1, -0.05) is 33.6 Å². The van der Waals surface area contributed by atoms with E-state index in [-0.39, 0.29) is 6.04 Å². The van der Waals surface area contributed by atoms with Crippen LogP contribution in [-0.4, -0.2) is 4.98 Å². The number of rotatable bonds is 3. The van der Waals surface area contributed by atoms with Crippen molar-refractivity contribution in [1.29, 1.82) is 0 Å². The second-order valence-electron chi connectivity index (χ2n) is 4.56. The summed E-state index contributed by atoms with van der Waals surface area (Å²) in [6.45, 7) is 0. The van der Waals surface area contributed by atoms with E-state index in [1.165, 1.54) is 12.8 Å². The van der Waals surface area contributed by atoms with Gasteiger partial charge in [-0.05, 0) is 30.9 Å². The molecule has 0 spiro atoms. The summed E-state index contributed by atoms with van der Waals surface area (Å²) in [6, 6.07) is 5.93. The molecule has 1 saturated carbocycles. The van der Waals surface area contributed by atoms with Gasteiger partial charge in [-0.3, -0.25) is 0 Å². The van der Waals surface area contributed by atoms with Gasteiger partial charge in [0.05, 0.1) is 16.8 Å². The van der Waals surface area contributed by atoms with Gasteiger partial charge >= 0.3 is 0 Å². The van der Waals surface area contributed by atoms with Crippen molar-refractivity contribution in [2.45, 2.75) is 18.9 Å². The minimum Gasteiger partial charge on any atom is -0.322 e. The van der Waals surface area contributed by atoms with E-state index in [1.54, 1.807) is 11.3 Å². The SMILES string of the molecule is NC(c1nc(-c2ccc(Br)cc2Cl)cs1)C1CC1. The van der Waals surface area contributed by atoms with Crippen molar-refractivity contribution in [3.05, 3.63) is 38.1 Å². The lowest BCUT2D eigenvalue weighted by Crippen LogP contribution is -2.11. The molecule has 1 aromatic carbocycles. The Morgan fingerprint density at radius 2 is 2.22 bits per heavy atom. The minimum absolute atomic E-state index is 0.0953. The molecule has 5 heteroatoms. The Labute approximate surface area is 123 Å². The topological polar surface area (TPSA) is 38.9 Å². The molecule has 1 aromatic heterocycles. The summed E-state index contributed by atoms with van der Waals surface area (Å²) in [5.74, 6) is 0.629. The standard InChI is InChI=1S/C13H12BrClN2S/c14-8-3-4-9(10(15)5-8)11-6-18-13(17-11)12(16)7-1-2-7/h3-7,12H,1-2,16H2. The van der Waals surface area contributed by atoms with Crippen LogP contribution in [0.2, 0.25) is 5.02 Å². The number of nitrogens with zero attached hydrogens (tertiary/aromatic N) is 1. The number of hydrogen-bond acceptors (Lipinski definition) is 3. The van der Waals surface area contributed by atoms with Crippen LogP contribution < -0.4 is 5.73 Å². The molecule has 18 heavy (non-hydrogen) atoms. The molecule has 1 unspecified atom stereocenters. The van der Waals surface area contributed by atoms with Crippen LogP contribution in [0.5, 0.6) is 0 Å². The van der Waals surface area contributed by atoms with E-state index < -0.39 is 0 Å². The van der Waals surface area contributed by atoms with Gasteiger partial charge in [-0.15, -0.1) is 11.3 Å². The third-order valence-electron chi connectivity index (χ3n) is 3.14. The van der Waals surface area contributed by atoms with Gasteiger partial charge in [0.25, 0.3) is 0 Å². The molecule has 0 amide bonds. The molecule has 2 nitrogen and oxygen atoms in total. The average Bonchev–Trinajstić information content (AvgIpc) is 3.07. The average molecular weight is 344 g/mol. The van der Waals surface area contributed by atoms with E-state index in [2.05, 4.69) is 20.9 Å². The highest BCUT2D eigenvalue weighted by Crippen LogP contribution is 2.41. The minimum atomic E-state index is 0.0953. The van der Waals surface area contributed by atoms with Crippen molar-refractivity contribution in [3.8, 4) is 11.3 Å². The molecule has 1 aliphatic rings. The molecule has 1 atom stereocenters. The van der Waals surface area contributed by atoms with E-state index in [9.17, 15) is 0 Å². The van der Waals surface area contributed by atoms with E-state index in [0.29, 0.717) is 10.9 Å². The molecule has 0 aliphatic heterocycles. The van der Waals surface area contributed by atoms with Crippen LogP contribution >= 0.6 is 38.9 Å². The van der Waals surface area contributed by atoms with Crippen LogP contribution in [0.3, 0.4) is 0 Å². The maximum atomic E-state index is 6.23. The largest absolute Gasteiger partial charge is 0.322 e. The lowest BCUT2D eigenvalue weighted by Gasteiger charge is -2.05. The third kappa shape index (κ3) is 2.48. The fourth-order valence-corrected chi connectivity index (χ4v) is 3.60. The molecular formula is C13H12BrClN2S. The van der Waals surface area contributed by atoms with Crippen molar-refractivity contribution in [1.82, 2.24) is 4.98 Å². The van der Waals surface area contributed by atoms with Gasteiger partial charge in [0.1, 0.15) is 5.01 Å². The van der Waals surface area contributed by atoms with Crippen LogP contribution in [-0.2, 0) is 0 Å². The van der Waals surface area contributed by atoms with Gasteiger partial charge in [-0.2, -0.15) is 0 Å². The van der Waals surface area contributed by atoms with Gasteiger partial charge in [0, 0.05) is 15.4 Å². The summed E-state index contributed by atoms with van der Waals surface area (Å²) in [5.41, 5.74) is 8.04. The number of benzene rings is 1. The van der Waals surface area contributed by atoms with Gasteiger partial charge in [0.15, 0.2) is 0 Å². The van der Waals surface area contributed by atoms with Crippen molar-refractivity contribution in [2.75, 3.05) is 0 Å². The summed E-state index contributed by atoms with van der Waals surface area (Å²) in [5, 5.41) is 3.76. The summed E-state index contributed by atoms with van der Waals surface area (Å²) in [7, 11) is 0. The molecule has 0 radical (unpaired) electrons. The zero-order valence-corrected chi connectivity index (χ0v) is 12.7. The molecule has 0 saturated heterocycles. The molecule has 1 fully saturated rings. The van der Waals surface area contributed by atoms with E-state index in [0.717, 1.165) is 20.7 Å². The van der Waals surface area contributed by atoms with Gasteiger partial charge in [-0.25, -0.2) is 4.98 Å². The molecular weight excluding hydrogens is 332 g/mol. The highest BCUT2D eigenvalue weighted by Gasteiger charge is 2.31. The predicted octanol–water partition coefficient (Wildman–Crippen LogP) is 4.64. The van der Waals surface area contributed by atoms with Gasteiger partial charge < -0.3 is 5.73 Å². The van der Waals surface area contributed by atoms with Crippen LogP contribution in [0.1, 0.15) is 23.9 Å². The first kappa shape index (κ1) is 12.6. The zero-order valence-electron chi connectivity index (χ0n) is 9.57. The third-order valence-corrected chi connectivity index (χ3v) is 4.90. The van der Waals surface area contributed by atoms with E-state index in [1.807, 2.05) is 23.6 Å². The fourth-order valence-electron chi connectivity index (χ4n) is 1.92. The monoisotopic (exact) mass is 342 g/mol. The Hall–Kier alpha value is -0.420. The zero-order chi connectivity index (χ0) is 12.7. The normalized spacial score (nSPS) is 16.8. The van der Waals surface area contributed by atoms with Crippen LogP contribution in [0.15, 0.2) is 28.1 Å². The molecule has 94 valence electrons. The van der Waals surface area contributed by atoms with Crippen LogP contribution in [0.4, 0.5) is 0 Å². The lowest BCUT2D eigenvalue weighted by atomic mass is 10.1. The molecule has 0 bridgehead atoms. The number of halogens is 2. The fraction of sp³-hybridized carbons (Fsp3) is 0.308. The quantitative estimate of drug-likeness (QED) is 0.882. The number of thiazole rings is 1. The second kappa shape index (κ2) is 4.93. The first-order valence-corrected chi connectivity index (χ1v) is 7.86. The maximum absolute atomic E-state index is 6.23. The Balaban J connectivity index is 1.92. The number of nitrogens with two attached hydrogens (primary N) is 1. The maximum Gasteiger partial charge on any atom is 0.110 e. The first-order chi connectivity index (χ1) is 8.65. The second-order valence-corrected chi connectivity index (χ2v) is 6.77. The highest BCUT2D eigenvalue weighted by atomic mass is 79.9. The first-order valence-electron chi connectivity index (χ1n) is 5.81. The van der Waals surface area contributed by atoms with Crippen molar-refractivity contribution in [2.24, 2.45) is 11.7 Å². The predicted molar refractivity (Wildman–Crippen MR) is 79.9 cm³/mol. The Morgan fingerprint density at radius 3 is 2.89 bits per heavy atom. The molecule has 2 aromatic rings. The molecule has 1 heterocycles. The molecule has 1 aliphatic carbocycles. The number of aromatic nitrogens is 1. The summed E-state index contributed by atoms with van der Waals surface area (Å²) in [6.07, 6.45) is 2.46. The summed E-state index contributed by atoms with van der Waals surface area (Å²) >= 11 is 11.3. The lowest BCUT2D eigenvalue weighted by molar-refractivity contribution is 0.629. The highest BCUT2D eigenvalue weighted by molar-refractivity contribution is 9.10.